The Morgan fingerprint density at radius 2 is 1.56 bits per heavy atom. The molecule has 27 heavy (non-hydrogen) atoms. The quantitative estimate of drug-likeness (QED) is 0.420. The minimum atomic E-state index is -0.747. The summed E-state index contributed by atoms with van der Waals surface area (Å²) in [7, 11) is 0. The molecule has 6 heteroatoms. The van der Waals surface area contributed by atoms with Gasteiger partial charge in [0.1, 0.15) is 0 Å². The second kappa shape index (κ2) is 6.37. The lowest BCUT2D eigenvalue weighted by Gasteiger charge is -2.19. The number of phenols is 1. The third-order valence-corrected chi connectivity index (χ3v) is 4.53. The first-order valence-electron chi connectivity index (χ1n) is 7.99. The molecule has 0 radical (unpaired) electrons. The predicted molar refractivity (Wildman–Crippen MR) is 97.8 cm³/mol. The van der Waals surface area contributed by atoms with Crippen molar-refractivity contribution in [2.75, 3.05) is 0 Å². The number of ether oxygens (including phenoxy) is 1. The van der Waals surface area contributed by atoms with Crippen molar-refractivity contribution in [1.82, 2.24) is 0 Å². The van der Waals surface area contributed by atoms with Crippen LogP contribution in [0.15, 0.2) is 60.7 Å². The molecule has 1 aliphatic rings. The Bertz CT molecular complexity index is 1130. The number of carbonyl (C=O) groups excluding carboxylic acids is 3. The van der Waals surface area contributed by atoms with Crippen LogP contribution in [0, 0.1) is 0 Å². The minimum absolute atomic E-state index is 0.0683. The van der Waals surface area contributed by atoms with Crippen LogP contribution in [0.2, 0.25) is 5.02 Å². The van der Waals surface area contributed by atoms with Gasteiger partial charge in [-0.05, 0) is 30.3 Å². The molecule has 0 fully saturated rings. The van der Waals surface area contributed by atoms with Crippen molar-refractivity contribution in [3.05, 3.63) is 93.5 Å². The molecule has 0 atom stereocenters. The molecule has 3 aromatic rings. The van der Waals surface area contributed by atoms with Crippen LogP contribution in [-0.2, 0) is 0 Å². The first-order chi connectivity index (χ1) is 13.0. The number of fused-ring (bicyclic) bond motifs is 2. The van der Waals surface area contributed by atoms with E-state index in [1.165, 1.54) is 30.3 Å². The van der Waals surface area contributed by atoms with Gasteiger partial charge in [0, 0.05) is 21.7 Å². The highest BCUT2D eigenvalue weighted by Crippen LogP contribution is 2.38. The molecule has 0 bridgehead atoms. The van der Waals surface area contributed by atoms with Crippen LogP contribution in [0.3, 0.4) is 0 Å². The van der Waals surface area contributed by atoms with Gasteiger partial charge in [0.2, 0.25) is 0 Å². The van der Waals surface area contributed by atoms with Gasteiger partial charge in [0.25, 0.3) is 0 Å². The van der Waals surface area contributed by atoms with Gasteiger partial charge in [0.15, 0.2) is 23.1 Å². The van der Waals surface area contributed by atoms with Gasteiger partial charge in [-0.1, -0.05) is 41.9 Å². The average Bonchev–Trinajstić information content (AvgIpc) is 2.67. The summed E-state index contributed by atoms with van der Waals surface area (Å²) < 4.78 is 5.21. The number of ketones is 2. The monoisotopic (exact) mass is 378 g/mol. The molecule has 0 saturated carbocycles. The standard InChI is InChI=1S/C21H11ClO5/c22-12-5-3-4-11(10-12)21(26)27-16-9-8-15-17(20(16)25)19(24)14-7-2-1-6-13(14)18(15)23/h1-10,25H. The van der Waals surface area contributed by atoms with Crippen LogP contribution in [0.25, 0.3) is 0 Å². The molecule has 0 saturated heterocycles. The zero-order chi connectivity index (χ0) is 19.1. The molecule has 132 valence electrons. The zero-order valence-electron chi connectivity index (χ0n) is 13.7. The van der Waals surface area contributed by atoms with Gasteiger partial charge in [-0.2, -0.15) is 0 Å². The van der Waals surface area contributed by atoms with Gasteiger partial charge >= 0.3 is 5.97 Å². The van der Waals surface area contributed by atoms with E-state index in [1.807, 2.05) is 0 Å². The van der Waals surface area contributed by atoms with Crippen LogP contribution in [-0.4, -0.2) is 22.6 Å². The van der Waals surface area contributed by atoms with E-state index < -0.39 is 17.5 Å². The Morgan fingerprint density at radius 3 is 2.26 bits per heavy atom. The summed E-state index contributed by atoms with van der Waals surface area (Å²) >= 11 is 5.86. The molecule has 5 nitrogen and oxygen atoms in total. The van der Waals surface area contributed by atoms with Gasteiger partial charge in [-0.15, -0.1) is 0 Å². The Balaban J connectivity index is 1.75. The maximum Gasteiger partial charge on any atom is 0.343 e. The summed E-state index contributed by atoms with van der Waals surface area (Å²) in [5.74, 6) is -2.38. The molecule has 3 aromatic carbocycles. The zero-order valence-corrected chi connectivity index (χ0v) is 14.5. The second-order valence-electron chi connectivity index (χ2n) is 5.94. The predicted octanol–water partition coefficient (Wildman–Crippen LogP) is 4.04. The van der Waals surface area contributed by atoms with E-state index in [4.69, 9.17) is 16.3 Å². The van der Waals surface area contributed by atoms with Crippen molar-refractivity contribution >= 4 is 29.1 Å². The van der Waals surface area contributed by atoms with Gasteiger partial charge in [0.05, 0.1) is 11.1 Å². The van der Waals surface area contributed by atoms with E-state index in [0.29, 0.717) is 5.02 Å². The Labute approximate surface area is 158 Å². The number of esters is 1. The summed E-state index contributed by atoms with van der Waals surface area (Å²) in [6, 6.07) is 15.2. The van der Waals surface area contributed by atoms with Crippen LogP contribution in [0.4, 0.5) is 0 Å². The third kappa shape index (κ3) is 2.78. The number of benzene rings is 3. The lowest BCUT2D eigenvalue weighted by atomic mass is 9.83. The highest BCUT2D eigenvalue weighted by molar-refractivity contribution is 6.31. The SMILES string of the molecule is O=C(Oc1ccc2c(c1O)C(=O)c1ccccc1C2=O)c1cccc(Cl)c1. The highest BCUT2D eigenvalue weighted by atomic mass is 35.5. The van der Waals surface area contributed by atoms with Gasteiger partial charge in [-0.25, -0.2) is 4.79 Å². The number of phenolic OH excluding ortho intramolecular Hbond substituents is 1. The molecule has 1 N–H and O–H groups in total. The smallest absolute Gasteiger partial charge is 0.343 e. The molecular formula is C21H11ClO5. The molecule has 4 rings (SSSR count). The molecule has 0 aromatic heterocycles. The van der Waals surface area contributed by atoms with E-state index in [2.05, 4.69) is 0 Å². The van der Waals surface area contributed by atoms with E-state index in [0.717, 1.165) is 0 Å². The average molecular weight is 379 g/mol. The summed E-state index contributed by atoms with van der Waals surface area (Å²) in [4.78, 5) is 37.7. The molecule has 1 aliphatic carbocycles. The molecule has 0 heterocycles. The van der Waals surface area contributed by atoms with Crippen molar-refractivity contribution < 1.29 is 24.2 Å². The first-order valence-corrected chi connectivity index (χ1v) is 8.37. The van der Waals surface area contributed by atoms with E-state index in [1.54, 1.807) is 30.3 Å². The van der Waals surface area contributed by atoms with E-state index >= 15 is 0 Å². The van der Waals surface area contributed by atoms with Crippen LogP contribution in [0.5, 0.6) is 11.5 Å². The topological polar surface area (TPSA) is 80.7 Å². The van der Waals surface area contributed by atoms with Crippen LogP contribution < -0.4 is 4.74 Å². The normalized spacial score (nSPS) is 12.3. The molecule has 0 aliphatic heterocycles. The van der Waals surface area contributed by atoms with Crippen LogP contribution >= 0.6 is 11.6 Å². The summed E-state index contributed by atoms with van der Waals surface area (Å²) in [5, 5.41) is 10.9. The summed E-state index contributed by atoms with van der Waals surface area (Å²) in [6.07, 6.45) is 0. The first kappa shape index (κ1) is 17.0. The fourth-order valence-electron chi connectivity index (χ4n) is 3.01. The van der Waals surface area contributed by atoms with Gasteiger partial charge < -0.3 is 9.84 Å². The highest BCUT2D eigenvalue weighted by Gasteiger charge is 2.33. The van der Waals surface area contributed by atoms with Crippen molar-refractivity contribution in [1.29, 1.82) is 0 Å². The number of hydrogen-bond donors (Lipinski definition) is 1. The Hall–Kier alpha value is -3.44. The van der Waals surface area contributed by atoms with Crippen molar-refractivity contribution in [3.8, 4) is 11.5 Å². The number of hydrogen-bond acceptors (Lipinski definition) is 5. The third-order valence-electron chi connectivity index (χ3n) is 4.29. The molecule has 0 amide bonds. The summed E-state index contributed by atoms with van der Waals surface area (Å²) in [6.45, 7) is 0. The fourth-order valence-corrected chi connectivity index (χ4v) is 3.20. The Morgan fingerprint density at radius 1 is 0.852 bits per heavy atom. The number of rotatable bonds is 2. The minimum Gasteiger partial charge on any atom is -0.504 e. The molecule has 0 spiro atoms. The van der Waals surface area contributed by atoms with E-state index in [-0.39, 0.29) is 39.4 Å². The Kier molecular flexibility index (Phi) is 4.01. The van der Waals surface area contributed by atoms with Crippen molar-refractivity contribution in [2.45, 2.75) is 0 Å². The largest absolute Gasteiger partial charge is 0.504 e. The van der Waals surface area contributed by atoms with E-state index in [9.17, 15) is 19.5 Å². The van der Waals surface area contributed by atoms with Gasteiger partial charge in [-0.3, -0.25) is 9.59 Å². The van der Waals surface area contributed by atoms with Crippen molar-refractivity contribution in [3.63, 3.8) is 0 Å². The molecular weight excluding hydrogens is 368 g/mol. The van der Waals surface area contributed by atoms with Crippen LogP contribution in [0.1, 0.15) is 42.2 Å². The number of aromatic hydroxyl groups is 1. The number of halogens is 1. The lowest BCUT2D eigenvalue weighted by Crippen LogP contribution is -2.21. The second-order valence-corrected chi connectivity index (χ2v) is 6.38. The maximum absolute atomic E-state index is 12.8. The maximum atomic E-state index is 12.8. The molecule has 0 unspecified atom stereocenters. The fraction of sp³-hybridized carbons (Fsp3) is 0. The lowest BCUT2D eigenvalue weighted by molar-refractivity contribution is 0.0728. The number of carbonyl (C=O) groups is 3. The van der Waals surface area contributed by atoms with Crippen molar-refractivity contribution in [2.24, 2.45) is 0 Å². The summed E-state index contributed by atoms with van der Waals surface area (Å²) in [5.41, 5.74) is 0.558.